The van der Waals surface area contributed by atoms with Gasteiger partial charge in [-0.15, -0.1) is 0 Å². The normalized spacial score (nSPS) is 14.2. The molecule has 2 aromatic rings. The summed E-state index contributed by atoms with van der Waals surface area (Å²) in [5.41, 5.74) is 0.465. The first kappa shape index (κ1) is 38.2. The molecule has 14 heteroatoms. The number of hydrogen-bond acceptors (Lipinski definition) is 10. The smallest absolute Gasteiger partial charge is 0.408 e. The van der Waals surface area contributed by atoms with Gasteiger partial charge in [-0.2, -0.15) is 0 Å². The van der Waals surface area contributed by atoms with Crippen LogP contribution in [-0.2, 0) is 51.0 Å². The van der Waals surface area contributed by atoms with Crippen LogP contribution >= 0.6 is 0 Å². The fourth-order valence-electron chi connectivity index (χ4n) is 4.37. The summed E-state index contributed by atoms with van der Waals surface area (Å²) >= 11 is 0. The average Bonchev–Trinajstić information content (AvgIpc) is 3.01. The van der Waals surface area contributed by atoms with Crippen LogP contribution in [0.1, 0.15) is 45.2 Å². The van der Waals surface area contributed by atoms with Crippen LogP contribution in [-0.4, -0.2) is 91.0 Å². The number of aliphatic hydroxyl groups is 1. The number of nitrogens with one attached hydrogen (secondary N) is 4. The van der Waals surface area contributed by atoms with Gasteiger partial charge in [-0.3, -0.25) is 14.4 Å². The number of esters is 2. The number of rotatable bonds is 15. The summed E-state index contributed by atoms with van der Waals surface area (Å²) in [6.45, 7) is 6.07. The summed E-state index contributed by atoms with van der Waals surface area (Å²) in [6.07, 6.45) is -2.98. The second kappa shape index (κ2) is 18.2. The molecule has 0 saturated carbocycles. The van der Waals surface area contributed by atoms with Gasteiger partial charge < -0.3 is 40.6 Å². The fraction of sp³-hybridized carbons (Fsp3) is 0.455. The van der Waals surface area contributed by atoms with E-state index in [0.29, 0.717) is 5.56 Å². The Morgan fingerprint density at radius 2 is 1.15 bits per heavy atom. The van der Waals surface area contributed by atoms with E-state index in [-0.39, 0.29) is 12.8 Å². The van der Waals surface area contributed by atoms with Gasteiger partial charge in [0.15, 0.2) is 6.04 Å². The van der Waals surface area contributed by atoms with E-state index in [0.717, 1.165) is 12.7 Å². The molecule has 0 saturated heterocycles. The Kier molecular flexibility index (Phi) is 14.8. The topological polar surface area (TPSA) is 198 Å². The van der Waals surface area contributed by atoms with Crippen LogP contribution in [0.25, 0.3) is 0 Å². The summed E-state index contributed by atoms with van der Waals surface area (Å²) in [5, 5.41) is 19.8. The molecule has 0 fully saturated rings. The van der Waals surface area contributed by atoms with Gasteiger partial charge in [0.2, 0.25) is 17.7 Å². The van der Waals surface area contributed by atoms with E-state index < -0.39 is 78.0 Å². The van der Waals surface area contributed by atoms with Gasteiger partial charge in [-0.25, -0.2) is 14.4 Å². The SMILES string of the molecule is COC(=O)[C@H](Cc1ccccc1)NC(=O)[C@H](Cc1ccccc1)NC(=O)[C@H](CC(=O)N[C@H](C(=O)OC)[C@@H](C)O)NC(=O)OC(C)(C)C. The molecule has 0 radical (unpaired) electrons. The summed E-state index contributed by atoms with van der Waals surface area (Å²) in [4.78, 5) is 77.7. The minimum absolute atomic E-state index is 0.0184. The van der Waals surface area contributed by atoms with Gasteiger partial charge in [0.1, 0.15) is 23.7 Å². The standard InChI is InChI=1S/C33H44N4O10/c1-20(38)27(31(43)46-6)37-26(39)19-24(36-32(44)47-33(2,3)4)29(41)34-23(17-21-13-9-7-10-14-21)28(40)35-25(30(42)45-5)18-22-15-11-8-12-16-22/h7-16,20,23-25,27,38H,17-19H2,1-6H3,(H,34,41)(H,35,40)(H,36,44)(H,37,39)/t20-,23+,24+,25+,27+/m1/s1. The van der Waals surface area contributed by atoms with E-state index in [1.165, 1.54) is 14.0 Å². The Labute approximate surface area is 273 Å². The van der Waals surface area contributed by atoms with Crippen molar-refractivity contribution < 1.29 is 48.1 Å². The molecule has 0 aromatic heterocycles. The number of ether oxygens (including phenoxy) is 3. The number of benzene rings is 2. The van der Waals surface area contributed by atoms with Crippen molar-refractivity contribution in [3.05, 3.63) is 71.8 Å². The highest BCUT2D eigenvalue weighted by Gasteiger charge is 2.34. The molecule has 5 atom stereocenters. The molecular weight excluding hydrogens is 612 g/mol. The second-order valence-corrected chi connectivity index (χ2v) is 11.7. The number of hydrogen-bond donors (Lipinski definition) is 5. The molecule has 14 nitrogen and oxygen atoms in total. The lowest BCUT2D eigenvalue weighted by molar-refractivity contribution is -0.148. The van der Waals surface area contributed by atoms with Crippen molar-refractivity contribution in [2.75, 3.05) is 14.2 Å². The number of amides is 4. The van der Waals surface area contributed by atoms with Crippen molar-refractivity contribution in [2.45, 2.75) is 82.8 Å². The van der Waals surface area contributed by atoms with Crippen LogP contribution in [0.2, 0.25) is 0 Å². The van der Waals surface area contributed by atoms with Crippen molar-refractivity contribution in [1.29, 1.82) is 0 Å². The molecular formula is C33H44N4O10. The predicted octanol–water partition coefficient (Wildman–Crippen LogP) is 0.936. The van der Waals surface area contributed by atoms with Crippen LogP contribution in [0.3, 0.4) is 0 Å². The Hall–Kier alpha value is -4.98. The zero-order chi connectivity index (χ0) is 35.1. The predicted molar refractivity (Wildman–Crippen MR) is 170 cm³/mol. The van der Waals surface area contributed by atoms with Crippen LogP contribution in [0, 0.1) is 0 Å². The molecule has 0 aliphatic heterocycles. The maximum absolute atomic E-state index is 13.7. The molecule has 2 aromatic carbocycles. The molecule has 0 heterocycles. The van der Waals surface area contributed by atoms with Gasteiger partial charge >= 0.3 is 18.0 Å². The van der Waals surface area contributed by atoms with Gasteiger partial charge in [-0.05, 0) is 38.8 Å². The number of alkyl carbamates (subject to hydrolysis) is 1. The lowest BCUT2D eigenvalue weighted by Crippen LogP contribution is -2.58. The molecule has 5 N–H and O–H groups in total. The third-order valence-corrected chi connectivity index (χ3v) is 6.65. The lowest BCUT2D eigenvalue weighted by atomic mass is 10.0. The molecule has 4 amide bonds. The Bertz CT molecular complexity index is 1360. The van der Waals surface area contributed by atoms with E-state index in [1.54, 1.807) is 75.4 Å². The number of carbonyl (C=O) groups is 6. The van der Waals surface area contributed by atoms with Crippen molar-refractivity contribution in [3.63, 3.8) is 0 Å². The first-order valence-electron chi connectivity index (χ1n) is 14.9. The summed E-state index contributed by atoms with van der Waals surface area (Å²) in [7, 11) is 2.27. The van der Waals surface area contributed by atoms with Crippen LogP contribution in [0.5, 0.6) is 0 Å². The van der Waals surface area contributed by atoms with Crippen LogP contribution in [0.4, 0.5) is 4.79 Å². The van der Waals surface area contributed by atoms with Crippen molar-refractivity contribution >= 4 is 35.8 Å². The summed E-state index contributed by atoms with van der Waals surface area (Å²) < 4.78 is 14.8. The minimum atomic E-state index is -1.59. The average molecular weight is 657 g/mol. The third-order valence-electron chi connectivity index (χ3n) is 6.65. The highest BCUT2D eigenvalue weighted by Crippen LogP contribution is 2.10. The maximum Gasteiger partial charge on any atom is 0.408 e. The van der Waals surface area contributed by atoms with E-state index in [2.05, 4.69) is 26.0 Å². The summed E-state index contributed by atoms with van der Waals surface area (Å²) in [5.74, 6) is -4.19. The van der Waals surface area contributed by atoms with Gasteiger partial charge in [0, 0.05) is 12.8 Å². The molecule has 256 valence electrons. The van der Waals surface area contributed by atoms with E-state index in [9.17, 15) is 33.9 Å². The maximum atomic E-state index is 13.7. The Balaban J connectivity index is 2.37. The van der Waals surface area contributed by atoms with E-state index in [1.807, 2.05) is 6.07 Å². The van der Waals surface area contributed by atoms with Gasteiger partial charge in [0.05, 0.1) is 26.7 Å². The number of methoxy groups -OCH3 is 2. The first-order valence-corrected chi connectivity index (χ1v) is 14.9. The Morgan fingerprint density at radius 1 is 0.681 bits per heavy atom. The molecule has 47 heavy (non-hydrogen) atoms. The van der Waals surface area contributed by atoms with Crippen LogP contribution in [0.15, 0.2) is 60.7 Å². The Morgan fingerprint density at radius 3 is 1.62 bits per heavy atom. The molecule has 0 spiro atoms. The number of carbonyl (C=O) groups excluding carboxylic acids is 6. The highest BCUT2D eigenvalue weighted by molar-refractivity contribution is 5.96. The largest absolute Gasteiger partial charge is 0.467 e. The zero-order valence-electron chi connectivity index (χ0n) is 27.4. The molecule has 0 unspecified atom stereocenters. The van der Waals surface area contributed by atoms with E-state index >= 15 is 0 Å². The lowest BCUT2D eigenvalue weighted by Gasteiger charge is -2.26. The highest BCUT2D eigenvalue weighted by atomic mass is 16.6. The fourth-order valence-corrected chi connectivity index (χ4v) is 4.37. The second-order valence-electron chi connectivity index (χ2n) is 11.7. The first-order chi connectivity index (χ1) is 22.1. The molecule has 0 bridgehead atoms. The zero-order valence-corrected chi connectivity index (χ0v) is 27.4. The third kappa shape index (κ3) is 13.5. The van der Waals surface area contributed by atoms with Gasteiger partial charge in [0.25, 0.3) is 0 Å². The monoisotopic (exact) mass is 656 g/mol. The molecule has 0 aliphatic rings. The van der Waals surface area contributed by atoms with Gasteiger partial charge in [-0.1, -0.05) is 60.7 Å². The quantitative estimate of drug-likeness (QED) is 0.136. The van der Waals surface area contributed by atoms with Crippen molar-refractivity contribution in [1.82, 2.24) is 21.3 Å². The van der Waals surface area contributed by atoms with E-state index in [4.69, 9.17) is 9.47 Å². The van der Waals surface area contributed by atoms with Crippen molar-refractivity contribution in [2.24, 2.45) is 0 Å². The van der Waals surface area contributed by atoms with Crippen molar-refractivity contribution in [3.8, 4) is 0 Å². The minimum Gasteiger partial charge on any atom is -0.467 e. The van der Waals surface area contributed by atoms with Crippen LogP contribution < -0.4 is 21.3 Å². The summed E-state index contributed by atoms with van der Waals surface area (Å²) in [6, 6.07) is 12.3. The molecule has 2 rings (SSSR count). The molecule has 0 aliphatic carbocycles. The number of aliphatic hydroxyl groups excluding tert-OH is 1.